The molecule has 1 aliphatic heterocycles. The summed E-state index contributed by atoms with van der Waals surface area (Å²) >= 11 is 0. The number of morpholine rings is 1. The number of rotatable bonds is 4. The molecule has 26 heavy (non-hydrogen) atoms. The van der Waals surface area contributed by atoms with E-state index in [1.807, 2.05) is 39.0 Å². The Morgan fingerprint density at radius 1 is 1.08 bits per heavy atom. The Bertz CT molecular complexity index is 767. The Morgan fingerprint density at radius 3 is 2.46 bits per heavy atom. The zero-order valence-electron chi connectivity index (χ0n) is 15.5. The Balaban J connectivity index is 1.61. The lowest BCUT2D eigenvalue weighted by Gasteiger charge is -2.28. The van der Waals surface area contributed by atoms with Crippen molar-refractivity contribution < 1.29 is 9.53 Å². The van der Waals surface area contributed by atoms with E-state index in [1.165, 1.54) is 0 Å². The number of carbonyl (C=O) groups is 1. The number of ether oxygens (including phenoxy) is 1. The van der Waals surface area contributed by atoms with Crippen LogP contribution < -0.4 is 15.5 Å². The predicted octanol–water partition coefficient (Wildman–Crippen LogP) is 2.56. The molecular weight excluding hydrogens is 330 g/mol. The third-order valence-electron chi connectivity index (χ3n) is 4.11. The number of nitrogens with one attached hydrogen (secondary N) is 2. The van der Waals surface area contributed by atoms with Crippen LogP contribution in [-0.2, 0) is 11.3 Å². The van der Waals surface area contributed by atoms with Gasteiger partial charge in [0, 0.05) is 30.5 Å². The van der Waals surface area contributed by atoms with Crippen molar-refractivity contribution in [2.45, 2.75) is 27.3 Å². The SMILES string of the molecule is Cc1cc(C)cc(NC(=O)NCc2nc(C)cc(N3CCOCC3)n2)c1. The first kappa shape index (κ1) is 18.1. The van der Waals surface area contributed by atoms with Gasteiger partial charge in [-0.25, -0.2) is 14.8 Å². The molecule has 3 rings (SSSR count). The van der Waals surface area contributed by atoms with E-state index in [1.54, 1.807) is 0 Å². The molecule has 0 unspecified atom stereocenters. The highest BCUT2D eigenvalue weighted by Crippen LogP contribution is 2.15. The largest absolute Gasteiger partial charge is 0.378 e. The van der Waals surface area contributed by atoms with Crippen molar-refractivity contribution >= 4 is 17.5 Å². The second-order valence-electron chi connectivity index (χ2n) is 6.57. The summed E-state index contributed by atoms with van der Waals surface area (Å²) in [5, 5.41) is 5.68. The van der Waals surface area contributed by atoms with Crippen molar-refractivity contribution in [2.75, 3.05) is 36.5 Å². The standard InChI is InChI=1S/C19H25N5O2/c1-13-8-14(2)10-16(9-13)22-19(25)20-12-17-21-15(3)11-18(23-17)24-4-6-26-7-5-24/h8-11H,4-7,12H2,1-3H3,(H2,20,22,25). The molecule has 7 heteroatoms. The Morgan fingerprint density at radius 2 is 1.77 bits per heavy atom. The van der Waals surface area contributed by atoms with E-state index in [9.17, 15) is 4.79 Å². The summed E-state index contributed by atoms with van der Waals surface area (Å²) in [5.74, 6) is 1.48. The summed E-state index contributed by atoms with van der Waals surface area (Å²) in [6.45, 7) is 9.25. The quantitative estimate of drug-likeness (QED) is 0.881. The first-order chi connectivity index (χ1) is 12.5. The average Bonchev–Trinajstić information content (AvgIpc) is 2.59. The highest BCUT2D eigenvalue weighted by molar-refractivity contribution is 5.89. The monoisotopic (exact) mass is 355 g/mol. The van der Waals surface area contributed by atoms with Crippen LogP contribution in [0, 0.1) is 20.8 Å². The number of hydrogen-bond donors (Lipinski definition) is 2. The van der Waals surface area contributed by atoms with Gasteiger partial charge in [0.2, 0.25) is 0 Å². The molecule has 0 bridgehead atoms. The number of aromatic nitrogens is 2. The molecule has 2 aromatic rings. The molecule has 0 saturated carbocycles. The van der Waals surface area contributed by atoms with Crippen molar-refractivity contribution in [1.82, 2.24) is 15.3 Å². The molecule has 2 heterocycles. The van der Waals surface area contributed by atoms with Gasteiger partial charge in [0.1, 0.15) is 11.6 Å². The zero-order chi connectivity index (χ0) is 18.5. The first-order valence-electron chi connectivity index (χ1n) is 8.80. The van der Waals surface area contributed by atoms with Crippen molar-refractivity contribution in [1.29, 1.82) is 0 Å². The smallest absolute Gasteiger partial charge is 0.319 e. The van der Waals surface area contributed by atoms with Gasteiger partial charge in [0.25, 0.3) is 0 Å². The maximum absolute atomic E-state index is 12.2. The van der Waals surface area contributed by atoms with Gasteiger partial charge >= 0.3 is 6.03 Å². The number of urea groups is 1. The maximum atomic E-state index is 12.2. The van der Waals surface area contributed by atoms with Crippen LogP contribution in [0.4, 0.5) is 16.3 Å². The molecule has 1 aromatic heterocycles. The van der Waals surface area contributed by atoms with Crippen LogP contribution in [0.2, 0.25) is 0 Å². The fraction of sp³-hybridized carbons (Fsp3) is 0.421. The predicted molar refractivity (Wildman–Crippen MR) is 102 cm³/mol. The normalized spacial score (nSPS) is 14.2. The maximum Gasteiger partial charge on any atom is 0.319 e. The second-order valence-corrected chi connectivity index (χ2v) is 6.57. The minimum absolute atomic E-state index is 0.270. The van der Waals surface area contributed by atoms with Crippen molar-refractivity contribution in [2.24, 2.45) is 0 Å². The highest BCUT2D eigenvalue weighted by atomic mass is 16.5. The molecular formula is C19H25N5O2. The summed E-state index contributed by atoms with van der Waals surface area (Å²) in [5.41, 5.74) is 3.88. The molecule has 1 fully saturated rings. The molecule has 1 aliphatic rings. The van der Waals surface area contributed by atoms with Crippen LogP contribution in [0.15, 0.2) is 24.3 Å². The minimum atomic E-state index is -0.270. The van der Waals surface area contributed by atoms with E-state index in [-0.39, 0.29) is 12.6 Å². The molecule has 138 valence electrons. The third-order valence-corrected chi connectivity index (χ3v) is 4.11. The molecule has 0 atom stereocenters. The molecule has 0 aliphatic carbocycles. The number of carbonyl (C=O) groups excluding carboxylic acids is 1. The van der Waals surface area contributed by atoms with Crippen LogP contribution in [0.3, 0.4) is 0 Å². The van der Waals surface area contributed by atoms with E-state index < -0.39 is 0 Å². The molecule has 7 nitrogen and oxygen atoms in total. The zero-order valence-corrected chi connectivity index (χ0v) is 15.5. The van der Waals surface area contributed by atoms with Gasteiger partial charge in [-0.15, -0.1) is 0 Å². The number of benzene rings is 1. The number of anilines is 2. The molecule has 2 N–H and O–H groups in total. The summed E-state index contributed by atoms with van der Waals surface area (Å²) < 4.78 is 5.38. The van der Waals surface area contributed by atoms with E-state index in [2.05, 4.69) is 31.6 Å². The summed E-state index contributed by atoms with van der Waals surface area (Å²) in [7, 11) is 0. The van der Waals surface area contributed by atoms with Gasteiger partial charge < -0.3 is 20.3 Å². The number of hydrogen-bond acceptors (Lipinski definition) is 5. The van der Waals surface area contributed by atoms with E-state index >= 15 is 0 Å². The molecule has 1 aromatic carbocycles. The van der Waals surface area contributed by atoms with Crippen molar-refractivity contribution in [3.05, 3.63) is 46.9 Å². The second kappa shape index (κ2) is 8.14. The number of amides is 2. The van der Waals surface area contributed by atoms with Crippen LogP contribution in [0.25, 0.3) is 0 Å². The van der Waals surface area contributed by atoms with Crippen LogP contribution in [0.1, 0.15) is 22.6 Å². The number of aryl methyl sites for hydroxylation is 3. The molecule has 1 saturated heterocycles. The fourth-order valence-electron chi connectivity index (χ4n) is 3.03. The first-order valence-corrected chi connectivity index (χ1v) is 8.80. The molecule has 0 radical (unpaired) electrons. The van der Waals surface area contributed by atoms with E-state index in [0.717, 1.165) is 41.4 Å². The summed E-state index contributed by atoms with van der Waals surface area (Å²) in [4.78, 5) is 23.4. The van der Waals surface area contributed by atoms with Gasteiger partial charge in [-0.1, -0.05) is 6.07 Å². The minimum Gasteiger partial charge on any atom is -0.378 e. The Kier molecular flexibility index (Phi) is 5.68. The van der Waals surface area contributed by atoms with Gasteiger partial charge in [0.05, 0.1) is 19.8 Å². The fourth-order valence-corrected chi connectivity index (χ4v) is 3.03. The van der Waals surface area contributed by atoms with Crippen LogP contribution >= 0.6 is 0 Å². The van der Waals surface area contributed by atoms with Crippen LogP contribution in [-0.4, -0.2) is 42.3 Å². The lowest BCUT2D eigenvalue weighted by Crippen LogP contribution is -2.37. The summed E-state index contributed by atoms with van der Waals surface area (Å²) in [6, 6.07) is 7.63. The van der Waals surface area contributed by atoms with Crippen LogP contribution in [0.5, 0.6) is 0 Å². The Labute approximate surface area is 153 Å². The lowest BCUT2D eigenvalue weighted by molar-refractivity contribution is 0.122. The molecule has 0 spiro atoms. The van der Waals surface area contributed by atoms with Gasteiger partial charge in [0.15, 0.2) is 0 Å². The topological polar surface area (TPSA) is 79.4 Å². The molecule has 2 amide bonds. The average molecular weight is 355 g/mol. The van der Waals surface area contributed by atoms with Gasteiger partial charge in [-0.3, -0.25) is 0 Å². The third kappa shape index (κ3) is 4.92. The van der Waals surface area contributed by atoms with Gasteiger partial charge in [-0.05, 0) is 44.0 Å². The van der Waals surface area contributed by atoms with E-state index in [0.29, 0.717) is 19.0 Å². The summed E-state index contributed by atoms with van der Waals surface area (Å²) in [6.07, 6.45) is 0. The Hall–Kier alpha value is -2.67. The van der Waals surface area contributed by atoms with E-state index in [4.69, 9.17) is 4.74 Å². The highest BCUT2D eigenvalue weighted by Gasteiger charge is 2.14. The lowest BCUT2D eigenvalue weighted by atomic mass is 10.1. The van der Waals surface area contributed by atoms with Crippen molar-refractivity contribution in [3.63, 3.8) is 0 Å². The van der Waals surface area contributed by atoms with Gasteiger partial charge in [-0.2, -0.15) is 0 Å². The van der Waals surface area contributed by atoms with Crippen molar-refractivity contribution in [3.8, 4) is 0 Å². The number of nitrogens with zero attached hydrogens (tertiary/aromatic N) is 3.